The highest BCUT2D eigenvalue weighted by atomic mass is 19.1. The molecule has 7 nitrogen and oxygen atoms in total. The number of esters is 1. The second-order valence-electron chi connectivity index (χ2n) is 6.67. The summed E-state index contributed by atoms with van der Waals surface area (Å²) in [6, 6.07) is 20.7. The third-order valence-electron chi connectivity index (χ3n) is 4.44. The quantitative estimate of drug-likeness (QED) is 0.528. The normalized spacial score (nSPS) is 11.2. The van der Waals surface area contributed by atoms with Gasteiger partial charge < -0.3 is 20.1 Å². The lowest BCUT2D eigenvalue weighted by molar-refractivity contribution is -0.153. The third-order valence-corrected chi connectivity index (χ3v) is 4.44. The Morgan fingerprint density at radius 3 is 2.22 bits per heavy atom. The Morgan fingerprint density at radius 2 is 1.59 bits per heavy atom. The van der Waals surface area contributed by atoms with Crippen LogP contribution in [0.5, 0.6) is 5.75 Å². The number of benzene rings is 3. The molecule has 0 aliphatic heterocycles. The predicted octanol–water partition coefficient (Wildman–Crippen LogP) is 3.49. The van der Waals surface area contributed by atoms with Crippen molar-refractivity contribution in [1.29, 1.82) is 0 Å². The van der Waals surface area contributed by atoms with Crippen molar-refractivity contribution in [2.45, 2.75) is 6.10 Å². The molecule has 3 aromatic carbocycles. The number of ether oxygens (including phenoxy) is 2. The number of halogens is 1. The molecule has 2 N–H and O–H groups in total. The fourth-order valence-electron chi connectivity index (χ4n) is 2.87. The maximum Gasteiger partial charge on any atom is 0.326 e. The Bertz CT molecular complexity index is 1090. The van der Waals surface area contributed by atoms with Crippen molar-refractivity contribution in [3.8, 4) is 5.75 Å². The minimum absolute atomic E-state index is 0.0307. The van der Waals surface area contributed by atoms with Gasteiger partial charge in [0.1, 0.15) is 6.54 Å². The fraction of sp³-hybridized carbons (Fsp3) is 0.125. The van der Waals surface area contributed by atoms with E-state index in [2.05, 4.69) is 10.6 Å². The summed E-state index contributed by atoms with van der Waals surface area (Å²) >= 11 is 0. The molecule has 0 saturated heterocycles. The number of carbonyl (C=O) groups excluding carboxylic acids is 3. The maximum absolute atomic E-state index is 13.9. The van der Waals surface area contributed by atoms with Crippen LogP contribution in [0.3, 0.4) is 0 Å². The van der Waals surface area contributed by atoms with Crippen molar-refractivity contribution in [2.75, 3.05) is 19.0 Å². The standard InChI is InChI=1S/C24H21FN2O5/c1-31-20-13-12-18(14-19(20)25)27-24(30)22(16-8-4-2-5-9-16)32-21(28)15-26-23(29)17-10-6-3-7-11-17/h2-14,22H,15H2,1H3,(H,26,29)(H,27,30). The Morgan fingerprint density at radius 1 is 0.938 bits per heavy atom. The van der Waals surface area contributed by atoms with E-state index in [1.165, 1.54) is 19.2 Å². The molecule has 0 aliphatic rings. The number of nitrogens with one attached hydrogen (secondary N) is 2. The van der Waals surface area contributed by atoms with Crippen LogP contribution < -0.4 is 15.4 Å². The number of amides is 2. The Balaban J connectivity index is 1.69. The van der Waals surface area contributed by atoms with Gasteiger partial charge in [0.2, 0.25) is 6.10 Å². The Hall–Kier alpha value is -4.20. The van der Waals surface area contributed by atoms with Crippen molar-refractivity contribution >= 4 is 23.5 Å². The van der Waals surface area contributed by atoms with Crippen molar-refractivity contribution < 1.29 is 28.2 Å². The maximum atomic E-state index is 13.9. The van der Waals surface area contributed by atoms with E-state index in [-0.39, 0.29) is 11.4 Å². The van der Waals surface area contributed by atoms with Crippen LogP contribution in [0.4, 0.5) is 10.1 Å². The van der Waals surface area contributed by atoms with Crippen LogP contribution in [0.25, 0.3) is 0 Å². The molecule has 0 aromatic heterocycles. The highest BCUT2D eigenvalue weighted by Crippen LogP contribution is 2.23. The first-order valence-electron chi connectivity index (χ1n) is 9.70. The number of hydrogen-bond acceptors (Lipinski definition) is 5. The van der Waals surface area contributed by atoms with Gasteiger partial charge in [0.15, 0.2) is 11.6 Å². The first-order chi connectivity index (χ1) is 15.5. The number of anilines is 1. The van der Waals surface area contributed by atoms with Gasteiger partial charge in [0, 0.05) is 22.9 Å². The van der Waals surface area contributed by atoms with Crippen LogP contribution in [0.2, 0.25) is 0 Å². The van der Waals surface area contributed by atoms with Gasteiger partial charge in [-0.05, 0) is 24.3 Å². The zero-order chi connectivity index (χ0) is 22.9. The van der Waals surface area contributed by atoms with Crippen LogP contribution in [0.15, 0.2) is 78.9 Å². The molecular formula is C24H21FN2O5. The van der Waals surface area contributed by atoms with Crippen molar-refractivity contribution in [3.63, 3.8) is 0 Å². The first-order valence-corrected chi connectivity index (χ1v) is 9.70. The average molecular weight is 436 g/mol. The summed E-state index contributed by atoms with van der Waals surface area (Å²) in [6.45, 7) is -0.429. The zero-order valence-corrected chi connectivity index (χ0v) is 17.2. The molecule has 0 heterocycles. The number of carbonyl (C=O) groups is 3. The van der Waals surface area contributed by atoms with Gasteiger partial charge in [0.05, 0.1) is 7.11 Å². The van der Waals surface area contributed by atoms with Crippen LogP contribution in [0.1, 0.15) is 22.0 Å². The Kier molecular flexibility index (Phi) is 7.53. The molecule has 0 saturated carbocycles. The van der Waals surface area contributed by atoms with Crippen LogP contribution in [0, 0.1) is 5.82 Å². The van der Waals surface area contributed by atoms with E-state index in [1.807, 2.05) is 0 Å². The predicted molar refractivity (Wildman–Crippen MR) is 116 cm³/mol. The molecule has 1 atom stereocenters. The summed E-state index contributed by atoms with van der Waals surface area (Å²) in [4.78, 5) is 37.3. The van der Waals surface area contributed by atoms with Crippen LogP contribution in [-0.4, -0.2) is 31.4 Å². The number of rotatable bonds is 8. The lowest BCUT2D eigenvalue weighted by Gasteiger charge is -2.18. The van der Waals surface area contributed by atoms with Crippen molar-refractivity contribution in [1.82, 2.24) is 5.32 Å². The monoisotopic (exact) mass is 436 g/mol. The summed E-state index contributed by atoms with van der Waals surface area (Å²) in [5.74, 6) is -2.55. The molecule has 0 radical (unpaired) electrons. The SMILES string of the molecule is COc1ccc(NC(=O)C(OC(=O)CNC(=O)c2ccccc2)c2ccccc2)cc1F. The summed E-state index contributed by atoms with van der Waals surface area (Å²) in [5, 5.41) is 4.99. The molecule has 164 valence electrons. The van der Waals surface area contributed by atoms with Crippen molar-refractivity contribution in [3.05, 3.63) is 95.8 Å². The van der Waals surface area contributed by atoms with E-state index < -0.39 is 36.2 Å². The molecule has 32 heavy (non-hydrogen) atoms. The fourth-order valence-corrected chi connectivity index (χ4v) is 2.87. The van der Waals surface area contributed by atoms with Crippen LogP contribution >= 0.6 is 0 Å². The van der Waals surface area contributed by atoms with Crippen LogP contribution in [-0.2, 0) is 14.3 Å². The number of methoxy groups -OCH3 is 1. The molecular weight excluding hydrogens is 415 g/mol. The smallest absolute Gasteiger partial charge is 0.326 e. The van der Waals surface area contributed by atoms with Gasteiger partial charge in [0.25, 0.3) is 11.8 Å². The summed E-state index contributed by atoms with van der Waals surface area (Å²) < 4.78 is 24.2. The average Bonchev–Trinajstić information content (AvgIpc) is 2.82. The molecule has 2 amide bonds. The summed E-state index contributed by atoms with van der Waals surface area (Å²) in [7, 11) is 1.33. The van der Waals surface area contributed by atoms with Gasteiger partial charge in [-0.3, -0.25) is 14.4 Å². The molecule has 3 aromatic rings. The van der Waals surface area contributed by atoms with Gasteiger partial charge in [-0.1, -0.05) is 48.5 Å². The molecule has 8 heteroatoms. The lowest BCUT2D eigenvalue weighted by Crippen LogP contribution is -2.33. The molecule has 0 spiro atoms. The second-order valence-corrected chi connectivity index (χ2v) is 6.67. The van der Waals surface area contributed by atoms with E-state index in [9.17, 15) is 18.8 Å². The highest BCUT2D eigenvalue weighted by molar-refractivity contribution is 5.97. The lowest BCUT2D eigenvalue weighted by atomic mass is 10.1. The molecule has 0 aliphatic carbocycles. The van der Waals surface area contributed by atoms with Crippen molar-refractivity contribution in [2.24, 2.45) is 0 Å². The van der Waals surface area contributed by atoms with Gasteiger partial charge in [-0.15, -0.1) is 0 Å². The van der Waals surface area contributed by atoms with E-state index in [1.54, 1.807) is 60.7 Å². The van der Waals surface area contributed by atoms with E-state index in [4.69, 9.17) is 9.47 Å². The van der Waals surface area contributed by atoms with E-state index in [0.717, 1.165) is 6.07 Å². The largest absolute Gasteiger partial charge is 0.494 e. The molecule has 3 rings (SSSR count). The Labute approximate surface area is 184 Å². The third kappa shape index (κ3) is 5.91. The summed E-state index contributed by atoms with van der Waals surface area (Å²) in [5.41, 5.74) is 0.976. The highest BCUT2D eigenvalue weighted by Gasteiger charge is 2.25. The molecule has 1 unspecified atom stereocenters. The number of hydrogen-bond donors (Lipinski definition) is 2. The summed E-state index contributed by atoms with van der Waals surface area (Å²) in [6.07, 6.45) is -1.30. The van der Waals surface area contributed by atoms with E-state index >= 15 is 0 Å². The van der Waals surface area contributed by atoms with Gasteiger partial charge >= 0.3 is 5.97 Å². The van der Waals surface area contributed by atoms with Gasteiger partial charge in [-0.25, -0.2) is 4.39 Å². The van der Waals surface area contributed by atoms with E-state index in [0.29, 0.717) is 11.1 Å². The first kappa shape index (κ1) is 22.5. The topological polar surface area (TPSA) is 93.7 Å². The second kappa shape index (κ2) is 10.7. The molecule has 0 bridgehead atoms. The molecule has 0 fully saturated rings. The minimum Gasteiger partial charge on any atom is -0.494 e. The van der Waals surface area contributed by atoms with Gasteiger partial charge in [-0.2, -0.15) is 0 Å². The minimum atomic E-state index is -1.30. The zero-order valence-electron chi connectivity index (χ0n) is 17.2.